The molecule has 0 fully saturated rings. The van der Waals surface area contributed by atoms with Crippen LogP contribution in [0, 0.1) is 0 Å². The first-order valence-electron chi connectivity index (χ1n) is 7.01. The highest BCUT2D eigenvalue weighted by Gasteiger charge is 2.15. The molecule has 0 aliphatic carbocycles. The van der Waals surface area contributed by atoms with E-state index in [9.17, 15) is 4.79 Å². The molecule has 0 radical (unpaired) electrons. The Bertz CT molecular complexity index is 739. The van der Waals surface area contributed by atoms with Crippen molar-refractivity contribution in [1.82, 2.24) is 0 Å². The molecule has 23 heavy (non-hydrogen) atoms. The van der Waals surface area contributed by atoms with Crippen molar-refractivity contribution in [2.75, 3.05) is 30.4 Å². The van der Waals surface area contributed by atoms with E-state index in [0.717, 1.165) is 4.47 Å². The molecule has 0 atom stereocenters. The highest BCUT2D eigenvalue weighted by molar-refractivity contribution is 9.10. The fourth-order valence-electron chi connectivity index (χ4n) is 2.13. The van der Waals surface area contributed by atoms with Gasteiger partial charge in [0.05, 0.1) is 22.9 Å². The Balaban J connectivity index is 1.64. The van der Waals surface area contributed by atoms with Gasteiger partial charge in [0.2, 0.25) is 5.91 Å². The standard InChI is InChI=1S/C16H14BrClN2O3/c17-10-3-1-2-4-12(10)20-16(21)9-19-13-8-15-14(7-11(13)18)22-5-6-23-15/h1-4,7-8,19H,5-6,9H2,(H,20,21). The second kappa shape index (κ2) is 7.10. The lowest BCUT2D eigenvalue weighted by Crippen LogP contribution is -2.22. The van der Waals surface area contributed by atoms with E-state index in [-0.39, 0.29) is 12.5 Å². The summed E-state index contributed by atoms with van der Waals surface area (Å²) in [5.41, 5.74) is 1.34. The number of amides is 1. The molecule has 0 aromatic heterocycles. The lowest BCUT2D eigenvalue weighted by atomic mass is 10.2. The van der Waals surface area contributed by atoms with Crippen molar-refractivity contribution in [2.45, 2.75) is 0 Å². The molecular weight excluding hydrogens is 384 g/mol. The molecular formula is C16H14BrClN2O3. The van der Waals surface area contributed by atoms with Crippen molar-refractivity contribution in [1.29, 1.82) is 0 Å². The van der Waals surface area contributed by atoms with Crippen LogP contribution >= 0.6 is 27.5 Å². The summed E-state index contributed by atoms with van der Waals surface area (Å²) < 4.78 is 11.8. The van der Waals surface area contributed by atoms with E-state index in [0.29, 0.717) is 41.1 Å². The van der Waals surface area contributed by atoms with Gasteiger partial charge in [-0.3, -0.25) is 4.79 Å². The number of carbonyl (C=O) groups is 1. The summed E-state index contributed by atoms with van der Waals surface area (Å²) in [4.78, 5) is 12.0. The van der Waals surface area contributed by atoms with Gasteiger partial charge in [-0.1, -0.05) is 23.7 Å². The van der Waals surface area contributed by atoms with Gasteiger partial charge in [0.15, 0.2) is 11.5 Å². The Kier molecular flexibility index (Phi) is 4.93. The van der Waals surface area contributed by atoms with Crippen molar-refractivity contribution in [3.8, 4) is 11.5 Å². The summed E-state index contributed by atoms with van der Waals surface area (Å²) in [5.74, 6) is 1.06. The molecule has 1 aliphatic rings. The predicted molar refractivity (Wildman–Crippen MR) is 93.7 cm³/mol. The highest BCUT2D eigenvalue weighted by atomic mass is 79.9. The van der Waals surface area contributed by atoms with Crippen LogP contribution in [0.25, 0.3) is 0 Å². The fraction of sp³-hybridized carbons (Fsp3) is 0.188. The lowest BCUT2D eigenvalue weighted by Gasteiger charge is -2.20. The van der Waals surface area contributed by atoms with Crippen molar-refractivity contribution < 1.29 is 14.3 Å². The first-order chi connectivity index (χ1) is 11.1. The zero-order valence-electron chi connectivity index (χ0n) is 12.1. The zero-order valence-corrected chi connectivity index (χ0v) is 14.4. The average Bonchev–Trinajstić information content (AvgIpc) is 2.55. The zero-order chi connectivity index (χ0) is 16.2. The van der Waals surface area contributed by atoms with Gasteiger partial charge < -0.3 is 20.1 Å². The first kappa shape index (κ1) is 16.0. The normalized spacial score (nSPS) is 12.6. The summed E-state index contributed by atoms with van der Waals surface area (Å²) in [5, 5.41) is 6.30. The van der Waals surface area contributed by atoms with Crippen molar-refractivity contribution in [2.24, 2.45) is 0 Å². The third-order valence-corrected chi connectivity index (χ3v) is 4.22. The molecule has 1 heterocycles. The number of hydrogen-bond acceptors (Lipinski definition) is 4. The number of ether oxygens (including phenoxy) is 2. The second-order valence-electron chi connectivity index (χ2n) is 4.86. The van der Waals surface area contributed by atoms with Crippen LogP contribution in [0.1, 0.15) is 0 Å². The van der Waals surface area contributed by atoms with Gasteiger partial charge in [0, 0.05) is 16.6 Å². The van der Waals surface area contributed by atoms with Crippen LogP contribution in [-0.2, 0) is 4.79 Å². The highest BCUT2D eigenvalue weighted by Crippen LogP contribution is 2.37. The molecule has 3 rings (SSSR count). The minimum atomic E-state index is -0.178. The van der Waals surface area contributed by atoms with E-state index < -0.39 is 0 Å². The number of para-hydroxylation sites is 1. The molecule has 2 aromatic carbocycles. The molecule has 2 aromatic rings. The quantitative estimate of drug-likeness (QED) is 0.821. The lowest BCUT2D eigenvalue weighted by molar-refractivity contribution is -0.114. The number of nitrogens with one attached hydrogen (secondary N) is 2. The largest absolute Gasteiger partial charge is 0.486 e. The van der Waals surface area contributed by atoms with E-state index in [2.05, 4.69) is 26.6 Å². The van der Waals surface area contributed by atoms with Crippen LogP contribution in [0.2, 0.25) is 5.02 Å². The molecule has 5 nitrogen and oxygen atoms in total. The molecule has 0 spiro atoms. The Morgan fingerprint density at radius 3 is 2.57 bits per heavy atom. The van der Waals surface area contributed by atoms with Crippen molar-refractivity contribution in [3.63, 3.8) is 0 Å². The molecule has 7 heteroatoms. The number of carbonyl (C=O) groups excluding carboxylic acids is 1. The second-order valence-corrected chi connectivity index (χ2v) is 6.12. The summed E-state index contributed by atoms with van der Waals surface area (Å²) in [6, 6.07) is 10.8. The third-order valence-electron chi connectivity index (χ3n) is 3.22. The van der Waals surface area contributed by atoms with Gasteiger partial charge >= 0.3 is 0 Å². The topological polar surface area (TPSA) is 59.6 Å². The maximum atomic E-state index is 12.0. The maximum Gasteiger partial charge on any atom is 0.243 e. The molecule has 1 amide bonds. The molecule has 0 bridgehead atoms. The van der Waals surface area contributed by atoms with Crippen molar-refractivity contribution >= 4 is 44.8 Å². The number of rotatable bonds is 4. The van der Waals surface area contributed by atoms with Gasteiger partial charge in [0.1, 0.15) is 13.2 Å². The Hall–Kier alpha value is -1.92. The van der Waals surface area contributed by atoms with E-state index in [1.165, 1.54) is 0 Å². The van der Waals surface area contributed by atoms with Gasteiger partial charge in [-0.15, -0.1) is 0 Å². The summed E-state index contributed by atoms with van der Waals surface area (Å²) >= 11 is 9.58. The van der Waals surface area contributed by atoms with Crippen LogP contribution in [-0.4, -0.2) is 25.7 Å². The number of hydrogen-bond donors (Lipinski definition) is 2. The molecule has 2 N–H and O–H groups in total. The predicted octanol–water partition coefficient (Wildman–Crippen LogP) is 3.92. The monoisotopic (exact) mass is 396 g/mol. The van der Waals surface area contributed by atoms with Crippen LogP contribution in [0.3, 0.4) is 0 Å². The summed E-state index contributed by atoms with van der Waals surface area (Å²) in [6.07, 6.45) is 0. The van der Waals surface area contributed by atoms with Crippen molar-refractivity contribution in [3.05, 3.63) is 45.9 Å². The number of halogens is 2. The van der Waals surface area contributed by atoms with Gasteiger partial charge in [-0.25, -0.2) is 0 Å². The van der Waals surface area contributed by atoms with E-state index in [1.54, 1.807) is 12.1 Å². The maximum absolute atomic E-state index is 12.0. The summed E-state index contributed by atoms with van der Waals surface area (Å²) in [6.45, 7) is 1.09. The van der Waals surface area contributed by atoms with Crippen LogP contribution < -0.4 is 20.1 Å². The number of anilines is 2. The van der Waals surface area contributed by atoms with Crippen LogP contribution in [0.4, 0.5) is 11.4 Å². The van der Waals surface area contributed by atoms with E-state index in [4.69, 9.17) is 21.1 Å². The van der Waals surface area contributed by atoms with Gasteiger partial charge in [0.25, 0.3) is 0 Å². The SMILES string of the molecule is O=C(CNc1cc2c(cc1Cl)OCCO2)Nc1ccccc1Br. The molecule has 0 saturated heterocycles. The smallest absolute Gasteiger partial charge is 0.243 e. The Labute approximate surface area is 147 Å². The number of benzene rings is 2. The van der Waals surface area contributed by atoms with Crippen LogP contribution in [0.5, 0.6) is 11.5 Å². The Morgan fingerprint density at radius 2 is 1.83 bits per heavy atom. The molecule has 0 saturated carbocycles. The summed E-state index contributed by atoms with van der Waals surface area (Å²) in [7, 11) is 0. The first-order valence-corrected chi connectivity index (χ1v) is 8.18. The number of fused-ring (bicyclic) bond motifs is 1. The fourth-order valence-corrected chi connectivity index (χ4v) is 2.74. The molecule has 0 unspecified atom stereocenters. The van der Waals surface area contributed by atoms with Gasteiger partial charge in [-0.05, 0) is 28.1 Å². The van der Waals surface area contributed by atoms with Gasteiger partial charge in [-0.2, -0.15) is 0 Å². The van der Waals surface area contributed by atoms with Crippen LogP contribution in [0.15, 0.2) is 40.9 Å². The van der Waals surface area contributed by atoms with E-state index >= 15 is 0 Å². The third kappa shape index (κ3) is 3.89. The molecule has 1 aliphatic heterocycles. The Morgan fingerprint density at radius 1 is 1.13 bits per heavy atom. The minimum Gasteiger partial charge on any atom is -0.486 e. The minimum absolute atomic E-state index is 0.0840. The van der Waals surface area contributed by atoms with E-state index in [1.807, 2.05) is 24.3 Å². The average molecular weight is 398 g/mol. The molecule has 120 valence electrons.